The standard InChI is InChI=1S/C18H13N3S/c22-18(21-12-19-16-9-3-4-11-17(16)21)20-15-10-5-7-13-6-1-2-8-14(13)15/h1-12H,(H,20,22). The summed E-state index contributed by atoms with van der Waals surface area (Å²) in [6.07, 6.45) is 1.76. The Balaban J connectivity index is 1.75. The number of anilines is 1. The Bertz CT molecular complexity index is 982. The number of fused-ring (bicyclic) bond motifs is 2. The van der Waals surface area contributed by atoms with E-state index in [-0.39, 0.29) is 0 Å². The second kappa shape index (κ2) is 5.24. The Hall–Kier alpha value is -2.72. The Morgan fingerprint density at radius 3 is 2.64 bits per heavy atom. The van der Waals surface area contributed by atoms with Crippen molar-refractivity contribution in [2.75, 3.05) is 5.32 Å². The molecule has 0 saturated carbocycles. The quantitative estimate of drug-likeness (QED) is 0.527. The van der Waals surface area contributed by atoms with Gasteiger partial charge >= 0.3 is 0 Å². The van der Waals surface area contributed by atoms with Crippen LogP contribution in [0.3, 0.4) is 0 Å². The van der Waals surface area contributed by atoms with Crippen molar-refractivity contribution in [1.82, 2.24) is 9.55 Å². The first-order valence-corrected chi connectivity index (χ1v) is 7.45. The number of rotatable bonds is 1. The molecule has 0 amide bonds. The lowest BCUT2D eigenvalue weighted by Crippen LogP contribution is -2.18. The highest BCUT2D eigenvalue weighted by Crippen LogP contribution is 2.23. The zero-order chi connectivity index (χ0) is 14.9. The minimum absolute atomic E-state index is 0.616. The summed E-state index contributed by atoms with van der Waals surface area (Å²) in [6.45, 7) is 0. The maximum atomic E-state index is 5.56. The van der Waals surface area contributed by atoms with Gasteiger partial charge < -0.3 is 5.32 Å². The molecule has 3 aromatic carbocycles. The number of aromatic nitrogens is 2. The van der Waals surface area contributed by atoms with Crippen LogP contribution < -0.4 is 5.32 Å². The Morgan fingerprint density at radius 1 is 0.909 bits per heavy atom. The van der Waals surface area contributed by atoms with E-state index >= 15 is 0 Å². The molecule has 1 N–H and O–H groups in total. The van der Waals surface area contributed by atoms with Crippen molar-refractivity contribution >= 4 is 44.8 Å². The van der Waals surface area contributed by atoms with Crippen LogP contribution in [0.25, 0.3) is 21.8 Å². The molecule has 0 atom stereocenters. The van der Waals surface area contributed by atoms with Gasteiger partial charge in [-0.05, 0) is 35.8 Å². The number of benzene rings is 3. The van der Waals surface area contributed by atoms with Crippen molar-refractivity contribution in [3.63, 3.8) is 0 Å². The van der Waals surface area contributed by atoms with E-state index < -0.39 is 0 Å². The molecular weight excluding hydrogens is 290 g/mol. The van der Waals surface area contributed by atoms with E-state index in [1.165, 1.54) is 5.39 Å². The minimum atomic E-state index is 0.616. The predicted molar refractivity (Wildman–Crippen MR) is 95.3 cm³/mol. The van der Waals surface area contributed by atoms with Crippen LogP contribution in [0.1, 0.15) is 0 Å². The van der Waals surface area contributed by atoms with Gasteiger partial charge in [0, 0.05) is 11.1 Å². The molecule has 0 fully saturated rings. The lowest BCUT2D eigenvalue weighted by Gasteiger charge is -2.12. The van der Waals surface area contributed by atoms with Crippen LogP contribution >= 0.6 is 12.2 Å². The van der Waals surface area contributed by atoms with E-state index in [2.05, 4.69) is 28.5 Å². The fraction of sp³-hybridized carbons (Fsp3) is 0. The molecule has 1 heterocycles. The Kier molecular flexibility index (Phi) is 3.09. The normalized spacial score (nSPS) is 10.9. The van der Waals surface area contributed by atoms with Gasteiger partial charge in [0.05, 0.1) is 11.0 Å². The third-order valence-corrected chi connectivity index (χ3v) is 4.00. The molecule has 0 aliphatic carbocycles. The average Bonchev–Trinajstić information content (AvgIpc) is 2.99. The summed E-state index contributed by atoms with van der Waals surface area (Å²) in [5.74, 6) is 0. The largest absolute Gasteiger partial charge is 0.331 e. The van der Waals surface area contributed by atoms with Crippen LogP contribution in [0.15, 0.2) is 73.1 Å². The number of nitrogens with zero attached hydrogens (tertiary/aromatic N) is 2. The summed E-state index contributed by atoms with van der Waals surface area (Å²) in [7, 11) is 0. The lowest BCUT2D eigenvalue weighted by atomic mass is 10.1. The van der Waals surface area contributed by atoms with Crippen LogP contribution in [-0.2, 0) is 0 Å². The second-order valence-electron chi connectivity index (χ2n) is 5.06. The number of para-hydroxylation sites is 2. The molecule has 0 aliphatic heterocycles. The zero-order valence-corrected chi connectivity index (χ0v) is 12.5. The fourth-order valence-corrected chi connectivity index (χ4v) is 2.89. The molecule has 4 aromatic rings. The van der Waals surface area contributed by atoms with Gasteiger partial charge in [-0.25, -0.2) is 4.98 Å². The first-order valence-electron chi connectivity index (χ1n) is 7.04. The highest BCUT2D eigenvalue weighted by Gasteiger charge is 2.08. The van der Waals surface area contributed by atoms with Crippen molar-refractivity contribution in [2.45, 2.75) is 0 Å². The molecule has 4 rings (SSSR count). The highest BCUT2D eigenvalue weighted by atomic mass is 32.1. The van der Waals surface area contributed by atoms with Crippen molar-refractivity contribution in [2.24, 2.45) is 0 Å². The smallest absolute Gasteiger partial charge is 0.183 e. The number of hydrogen-bond acceptors (Lipinski definition) is 2. The highest BCUT2D eigenvalue weighted by molar-refractivity contribution is 7.80. The van der Waals surface area contributed by atoms with Crippen molar-refractivity contribution in [3.05, 3.63) is 73.1 Å². The number of imidazole rings is 1. The number of thiocarbonyl (C=S) groups is 1. The van der Waals surface area contributed by atoms with Gasteiger partial charge in [-0.3, -0.25) is 4.57 Å². The third-order valence-electron chi connectivity index (χ3n) is 3.70. The van der Waals surface area contributed by atoms with Crippen LogP contribution in [0.4, 0.5) is 5.69 Å². The summed E-state index contributed by atoms with van der Waals surface area (Å²) in [5.41, 5.74) is 2.94. The molecule has 0 unspecified atom stereocenters. The van der Waals surface area contributed by atoms with Crippen molar-refractivity contribution < 1.29 is 0 Å². The van der Waals surface area contributed by atoms with Gasteiger partial charge in [0.15, 0.2) is 5.11 Å². The molecule has 0 saturated heterocycles. The fourth-order valence-electron chi connectivity index (χ4n) is 2.63. The SMILES string of the molecule is S=C(Nc1cccc2ccccc12)n1cnc2ccccc21. The number of nitrogens with one attached hydrogen (secondary N) is 1. The van der Waals surface area contributed by atoms with E-state index in [1.54, 1.807) is 6.33 Å². The summed E-state index contributed by atoms with van der Waals surface area (Å²) in [4.78, 5) is 4.38. The van der Waals surface area contributed by atoms with E-state index in [0.717, 1.165) is 22.1 Å². The van der Waals surface area contributed by atoms with Crippen molar-refractivity contribution in [1.29, 1.82) is 0 Å². The molecular formula is C18H13N3S. The summed E-state index contributed by atoms with van der Waals surface area (Å²) >= 11 is 5.56. The number of hydrogen-bond donors (Lipinski definition) is 1. The first-order chi connectivity index (χ1) is 10.8. The Labute approximate surface area is 133 Å². The van der Waals surface area contributed by atoms with E-state index in [1.807, 2.05) is 53.1 Å². The first kappa shape index (κ1) is 13.0. The zero-order valence-electron chi connectivity index (χ0n) is 11.7. The van der Waals surface area contributed by atoms with Gasteiger partial charge in [0.25, 0.3) is 0 Å². The van der Waals surface area contributed by atoms with Crippen LogP contribution in [0.5, 0.6) is 0 Å². The van der Waals surface area contributed by atoms with Gasteiger partial charge in [-0.15, -0.1) is 0 Å². The van der Waals surface area contributed by atoms with Crippen LogP contribution in [0, 0.1) is 0 Å². The van der Waals surface area contributed by atoms with E-state index in [4.69, 9.17) is 12.2 Å². The molecule has 4 heteroatoms. The second-order valence-corrected chi connectivity index (χ2v) is 5.45. The molecule has 0 bridgehead atoms. The summed E-state index contributed by atoms with van der Waals surface area (Å²) < 4.78 is 1.90. The minimum Gasteiger partial charge on any atom is -0.331 e. The topological polar surface area (TPSA) is 29.9 Å². The molecule has 0 radical (unpaired) electrons. The van der Waals surface area contributed by atoms with Gasteiger partial charge in [0.2, 0.25) is 0 Å². The van der Waals surface area contributed by atoms with Gasteiger partial charge in [0.1, 0.15) is 6.33 Å². The van der Waals surface area contributed by atoms with Gasteiger partial charge in [-0.1, -0.05) is 48.5 Å². The molecule has 0 aliphatic rings. The molecule has 22 heavy (non-hydrogen) atoms. The maximum Gasteiger partial charge on any atom is 0.183 e. The maximum absolute atomic E-state index is 5.56. The average molecular weight is 303 g/mol. The van der Waals surface area contributed by atoms with E-state index in [9.17, 15) is 0 Å². The predicted octanol–water partition coefficient (Wildman–Crippen LogP) is 4.43. The van der Waals surface area contributed by atoms with Gasteiger partial charge in [-0.2, -0.15) is 0 Å². The van der Waals surface area contributed by atoms with E-state index in [0.29, 0.717) is 5.11 Å². The molecule has 106 valence electrons. The van der Waals surface area contributed by atoms with Crippen LogP contribution in [-0.4, -0.2) is 14.7 Å². The van der Waals surface area contributed by atoms with Crippen LogP contribution in [0.2, 0.25) is 0 Å². The molecule has 0 spiro atoms. The summed E-state index contributed by atoms with van der Waals surface area (Å²) in [6, 6.07) is 22.4. The lowest BCUT2D eigenvalue weighted by molar-refractivity contribution is 1.18. The van der Waals surface area contributed by atoms with Crippen molar-refractivity contribution in [3.8, 4) is 0 Å². The molecule has 3 nitrogen and oxygen atoms in total. The molecule has 1 aromatic heterocycles. The monoisotopic (exact) mass is 303 g/mol. The summed E-state index contributed by atoms with van der Waals surface area (Å²) in [5, 5.41) is 6.29. The third kappa shape index (κ3) is 2.14. The Morgan fingerprint density at radius 2 is 1.68 bits per heavy atom.